The molecule has 7 heteroatoms. The van der Waals surface area contributed by atoms with Gasteiger partial charge in [-0.1, -0.05) is 18.6 Å². The standard InChI is InChI=1S/C25H29FN4O2/c1-18(31)27-22-13-7-19(8-14-22)16-25(32)30(2)15-5-3-4-6-23-17-24(29-28-23)20-9-11-21(26)12-10-20/h7-14,17H,3-6,15-16H2,1-2H3,(H,27,31)(H,28,29). The number of nitrogens with one attached hydrogen (secondary N) is 2. The molecule has 3 aromatic rings. The van der Waals surface area contributed by atoms with E-state index >= 15 is 0 Å². The van der Waals surface area contributed by atoms with E-state index in [0.717, 1.165) is 53.9 Å². The molecule has 0 saturated heterocycles. The molecule has 2 amide bonds. The summed E-state index contributed by atoms with van der Waals surface area (Å²) >= 11 is 0. The van der Waals surface area contributed by atoms with Crippen molar-refractivity contribution in [1.29, 1.82) is 0 Å². The van der Waals surface area contributed by atoms with Gasteiger partial charge in [-0.05, 0) is 67.3 Å². The predicted molar refractivity (Wildman–Crippen MR) is 124 cm³/mol. The summed E-state index contributed by atoms with van der Waals surface area (Å²) in [5, 5.41) is 10.1. The van der Waals surface area contributed by atoms with E-state index in [9.17, 15) is 14.0 Å². The fourth-order valence-electron chi connectivity index (χ4n) is 3.44. The Bertz CT molecular complexity index is 1030. The molecule has 0 fully saturated rings. The Morgan fingerprint density at radius 1 is 1.03 bits per heavy atom. The molecule has 0 radical (unpaired) electrons. The van der Waals surface area contributed by atoms with Crippen LogP contribution < -0.4 is 5.32 Å². The molecule has 0 aliphatic rings. The second-order valence-corrected chi connectivity index (χ2v) is 7.97. The zero-order chi connectivity index (χ0) is 22.9. The number of halogens is 1. The highest BCUT2D eigenvalue weighted by Crippen LogP contribution is 2.19. The Morgan fingerprint density at radius 2 is 1.75 bits per heavy atom. The zero-order valence-electron chi connectivity index (χ0n) is 18.5. The molecule has 2 N–H and O–H groups in total. The van der Waals surface area contributed by atoms with E-state index in [1.165, 1.54) is 19.1 Å². The molecule has 32 heavy (non-hydrogen) atoms. The highest BCUT2D eigenvalue weighted by molar-refractivity contribution is 5.88. The number of hydrogen-bond acceptors (Lipinski definition) is 3. The minimum Gasteiger partial charge on any atom is -0.345 e. The minimum absolute atomic E-state index is 0.0785. The average molecular weight is 437 g/mol. The summed E-state index contributed by atoms with van der Waals surface area (Å²) in [7, 11) is 1.83. The monoisotopic (exact) mass is 436 g/mol. The van der Waals surface area contributed by atoms with Gasteiger partial charge in [-0.3, -0.25) is 14.7 Å². The van der Waals surface area contributed by atoms with Gasteiger partial charge in [-0.15, -0.1) is 0 Å². The lowest BCUT2D eigenvalue weighted by Gasteiger charge is -2.17. The second-order valence-electron chi connectivity index (χ2n) is 7.97. The molecule has 0 unspecified atom stereocenters. The van der Waals surface area contributed by atoms with Crippen molar-refractivity contribution < 1.29 is 14.0 Å². The average Bonchev–Trinajstić information content (AvgIpc) is 3.23. The summed E-state index contributed by atoms with van der Waals surface area (Å²) in [6, 6.07) is 15.6. The number of unbranched alkanes of at least 4 members (excludes halogenated alkanes) is 2. The number of aromatic amines is 1. The molecule has 0 aliphatic heterocycles. The number of aromatic nitrogens is 2. The molecule has 3 rings (SSSR count). The summed E-state index contributed by atoms with van der Waals surface area (Å²) < 4.78 is 13.0. The number of H-pyrrole nitrogens is 1. The molecule has 6 nitrogen and oxygen atoms in total. The smallest absolute Gasteiger partial charge is 0.226 e. The van der Waals surface area contributed by atoms with E-state index in [1.807, 2.05) is 25.2 Å². The fourth-order valence-corrected chi connectivity index (χ4v) is 3.44. The van der Waals surface area contributed by atoms with Crippen LogP contribution in [0.1, 0.15) is 37.4 Å². The van der Waals surface area contributed by atoms with Gasteiger partial charge in [0.05, 0.1) is 12.1 Å². The van der Waals surface area contributed by atoms with E-state index in [4.69, 9.17) is 0 Å². The lowest BCUT2D eigenvalue weighted by Crippen LogP contribution is -2.29. The van der Waals surface area contributed by atoms with Crippen molar-refractivity contribution in [2.24, 2.45) is 0 Å². The van der Waals surface area contributed by atoms with Gasteiger partial charge < -0.3 is 10.2 Å². The van der Waals surface area contributed by atoms with Gasteiger partial charge in [0, 0.05) is 37.5 Å². The van der Waals surface area contributed by atoms with Crippen molar-refractivity contribution in [3.05, 3.63) is 71.7 Å². The topological polar surface area (TPSA) is 78.1 Å². The van der Waals surface area contributed by atoms with Gasteiger partial charge >= 0.3 is 0 Å². The van der Waals surface area contributed by atoms with E-state index in [-0.39, 0.29) is 17.6 Å². The number of carbonyl (C=O) groups excluding carboxylic acids is 2. The predicted octanol–water partition coefficient (Wildman–Crippen LogP) is 4.59. The van der Waals surface area contributed by atoms with Crippen LogP contribution in [-0.4, -0.2) is 40.5 Å². The Kier molecular flexibility index (Phi) is 8.14. The maximum absolute atomic E-state index is 13.0. The van der Waals surface area contributed by atoms with E-state index in [1.54, 1.807) is 29.2 Å². The third-order valence-electron chi connectivity index (χ3n) is 5.27. The van der Waals surface area contributed by atoms with Crippen LogP contribution in [0.25, 0.3) is 11.3 Å². The van der Waals surface area contributed by atoms with Crippen molar-refractivity contribution >= 4 is 17.5 Å². The first-order valence-corrected chi connectivity index (χ1v) is 10.8. The number of carbonyl (C=O) groups is 2. The molecule has 0 aliphatic carbocycles. The van der Waals surface area contributed by atoms with E-state index in [2.05, 4.69) is 15.5 Å². The van der Waals surface area contributed by atoms with E-state index < -0.39 is 0 Å². The summed E-state index contributed by atoms with van der Waals surface area (Å²) in [5.74, 6) is -0.294. The van der Waals surface area contributed by atoms with Crippen LogP contribution >= 0.6 is 0 Å². The molecule has 0 atom stereocenters. The first-order chi connectivity index (χ1) is 15.4. The molecule has 1 aromatic heterocycles. The van der Waals surface area contributed by atoms with Crippen molar-refractivity contribution in [3.63, 3.8) is 0 Å². The third-order valence-corrected chi connectivity index (χ3v) is 5.27. The summed E-state index contributed by atoms with van der Waals surface area (Å²) in [5.41, 5.74) is 4.40. The lowest BCUT2D eigenvalue weighted by atomic mass is 10.1. The summed E-state index contributed by atoms with van der Waals surface area (Å²) in [6.45, 7) is 2.18. The molecule has 168 valence electrons. The van der Waals surface area contributed by atoms with Crippen LogP contribution in [-0.2, 0) is 22.4 Å². The lowest BCUT2D eigenvalue weighted by molar-refractivity contribution is -0.129. The normalized spacial score (nSPS) is 10.7. The van der Waals surface area contributed by atoms with Crippen molar-refractivity contribution in [3.8, 4) is 11.3 Å². The van der Waals surface area contributed by atoms with Gasteiger partial charge in [-0.2, -0.15) is 5.10 Å². The van der Waals surface area contributed by atoms with Crippen LogP contribution in [0, 0.1) is 5.82 Å². The van der Waals surface area contributed by atoms with Gasteiger partial charge in [0.25, 0.3) is 0 Å². The molecule has 0 bridgehead atoms. The Labute approximate surface area is 187 Å². The van der Waals surface area contributed by atoms with Crippen molar-refractivity contribution in [2.75, 3.05) is 18.9 Å². The zero-order valence-corrected chi connectivity index (χ0v) is 18.5. The number of nitrogens with zero attached hydrogens (tertiary/aromatic N) is 2. The highest BCUT2D eigenvalue weighted by atomic mass is 19.1. The van der Waals surface area contributed by atoms with Gasteiger partial charge in [0.15, 0.2) is 0 Å². The minimum atomic E-state index is -0.257. The fraction of sp³-hybridized carbons (Fsp3) is 0.320. The molecule has 0 saturated carbocycles. The Morgan fingerprint density at radius 3 is 2.44 bits per heavy atom. The van der Waals surface area contributed by atoms with Gasteiger partial charge in [0.2, 0.25) is 11.8 Å². The summed E-state index contributed by atoms with van der Waals surface area (Å²) in [6.07, 6.45) is 4.16. The van der Waals surface area contributed by atoms with Gasteiger partial charge in [0.1, 0.15) is 5.82 Å². The maximum atomic E-state index is 13.0. The third kappa shape index (κ3) is 7.04. The second kappa shape index (κ2) is 11.2. The van der Waals surface area contributed by atoms with Crippen LogP contribution in [0.2, 0.25) is 0 Å². The molecular weight excluding hydrogens is 407 g/mol. The number of hydrogen-bond donors (Lipinski definition) is 2. The number of anilines is 1. The highest BCUT2D eigenvalue weighted by Gasteiger charge is 2.10. The number of benzene rings is 2. The van der Waals surface area contributed by atoms with E-state index in [0.29, 0.717) is 13.0 Å². The number of amides is 2. The SMILES string of the molecule is CC(=O)Nc1ccc(CC(=O)N(C)CCCCCc2cc(-c3ccc(F)cc3)n[nH]2)cc1. The van der Waals surface area contributed by atoms with Crippen LogP contribution in [0.5, 0.6) is 0 Å². The van der Waals surface area contributed by atoms with Crippen LogP contribution in [0.4, 0.5) is 10.1 Å². The molecule has 2 aromatic carbocycles. The quantitative estimate of drug-likeness (QED) is 0.457. The van der Waals surface area contributed by atoms with Crippen molar-refractivity contribution in [2.45, 2.75) is 39.0 Å². The van der Waals surface area contributed by atoms with Crippen LogP contribution in [0.15, 0.2) is 54.6 Å². The number of aryl methyl sites for hydroxylation is 1. The first kappa shape index (κ1) is 23.2. The number of likely N-dealkylation sites (N-methyl/N-ethyl adjacent to an activating group) is 1. The molecule has 1 heterocycles. The molecular formula is C25H29FN4O2. The Hall–Kier alpha value is -3.48. The van der Waals surface area contributed by atoms with Crippen molar-refractivity contribution in [1.82, 2.24) is 15.1 Å². The van der Waals surface area contributed by atoms with Gasteiger partial charge in [-0.25, -0.2) is 4.39 Å². The largest absolute Gasteiger partial charge is 0.345 e. The first-order valence-electron chi connectivity index (χ1n) is 10.8. The van der Waals surface area contributed by atoms with Crippen LogP contribution in [0.3, 0.4) is 0 Å². The maximum Gasteiger partial charge on any atom is 0.226 e. The summed E-state index contributed by atoms with van der Waals surface area (Å²) in [4.78, 5) is 25.3. The number of rotatable bonds is 10. The molecule has 0 spiro atoms. The Balaban J connectivity index is 1.35.